The molecule has 0 bridgehead atoms. The standard InChI is InChI=1S/C9H17NO4/c1-4-8(10(12)13)7(3)6-9(11)14-5-2/h7-8H,4-6H2,1-3H3/t7-,8-/m0/s1. The van der Waals surface area contributed by atoms with Gasteiger partial charge in [0.2, 0.25) is 6.04 Å². The van der Waals surface area contributed by atoms with E-state index in [-0.39, 0.29) is 23.2 Å². The van der Waals surface area contributed by atoms with Crippen LogP contribution in [0.3, 0.4) is 0 Å². The lowest BCUT2D eigenvalue weighted by molar-refractivity contribution is -0.531. The summed E-state index contributed by atoms with van der Waals surface area (Å²) < 4.78 is 4.73. The third kappa shape index (κ3) is 4.20. The number of rotatable bonds is 6. The molecule has 0 aromatic carbocycles. The third-order valence-corrected chi connectivity index (χ3v) is 2.14. The number of nitrogens with zero attached hydrogens (tertiary/aromatic N) is 1. The van der Waals surface area contributed by atoms with E-state index in [1.54, 1.807) is 20.8 Å². The van der Waals surface area contributed by atoms with E-state index in [4.69, 9.17) is 4.74 Å². The molecule has 2 atom stereocenters. The van der Waals surface area contributed by atoms with Gasteiger partial charge >= 0.3 is 5.97 Å². The number of esters is 1. The van der Waals surface area contributed by atoms with Gasteiger partial charge in [-0.25, -0.2) is 0 Å². The topological polar surface area (TPSA) is 69.4 Å². The summed E-state index contributed by atoms with van der Waals surface area (Å²) in [5.41, 5.74) is 0. The normalized spacial score (nSPS) is 14.5. The number of hydrogen-bond acceptors (Lipinski definition) is 4. The summed E-state index contributed by atoms with van der Waals surface area (Å²) >= 11 is 0. The van der Waals surface area contributed by atoms with Crippen LogP contribution in [0, 0.1) is 16.0 Å². The largest absolute Gasteiger partial charge is 0.466 e. The first-order chi connectivity index (χ1) is 6.52. The minimum atomic E-state index is -0.653. The van der Waals surface area contributed by atoms with Gasteiger partial charge in [-0.05, 0) is 6.92 Å². The van der Waals surface area contributed by atoms with Gasteiger partial charge in [0.05, 0.1) is 13.0 Å². The number of nitro groups is 1. The Morgan fingerprint density at radius 3 is 2.43 bits per heavy atom. The zero-order chi connectivity index (χ0) is 11.1. The molecule has 82 valence electrons. The first-order valence-corrected chi connectivity index (χ1v) is 4.82. The predicted octanol–water partition coefficient (Wildman–Crippen LogP) is 1.63. The zero-order valence-electron chi connectivity index (χ0n) is 8.86. The lowest BCUT2D eigenvalue weighted by atomic mass is 9.97. The van der Waals surface area contributed by atoms with Crippen molar-refractivity contribution >= 4 is 5.97 Å². The number of carbonyl (C=O) groups excluding carboxylic acids is 1. The van der Waals surface area contributed by atoms with Gasteiger partial charge in [0.1, 0.15) is 0 Å². The smallest absolute Gasteiger partial charge is 0.306 e. The molecule has 0 rings (SSSR count). The molecule has 5 nitrogen and oxygen atoms in total. The molecular formula is C9H17NO4. The van der Waals surface area contributed by atoms with Crippen molar-refractivity contribution in [2.24, 2.45) is 5.92 Å². The Morgan fingerprint density at radius 1 is 1.50 bits per heavy atom. The van der Waals surface area contributed by atoms with Crippen LogP contribution in [0.5, 0.6) is 0 Å². The molecule has 0 fully saturated rings. The van der Waals surface area contributed by atoms with Crippen molar-refractivity contribution < 1.29 is 14.5 Å². The highest BCUT2D eigenvalue weighted by Gasteiger charge is 2.27. The van der Waals surface area contributed by atoms with Crippen LogP contribution in [0.1, 0.15) is 33.6 Å². The van der Waals surface area contributed by atoms with Crippen LogP contribution in [0.25, 0.3) is 0 Å². The minimum Gasteiger partial charge on any atom is -0.466 e. The van der Waals surface area contributed by atoms with Gasteiger partial charge < -0.3 is 4.74 Å². The van der Waals surface area contributed by atoms with Gasteiger partial charge in [-0.15, -0.1) is 0 Å². The molecule has 0 amide bonds. The molecule has 0 radical (unpaired) electrons. The molecule has 0 aliphatic heterocycles. The van der Waals surface area contributed by atoms with E-state index in [0.29, 0.717) is 13.0 Å². The Bertz CT molecular complexity index is 205. The van der Waals surface area contributed by atoms with E-state index in [1.807, 2.05) is 0 Å². The average Bonchev–Trinajstić information content (AvgIpc) is 2.04. The molecule has 0 heterocycles. The number of ether oxygens (including phenoxy) is 1. The monoisotopic (exact) mass is 203 g/mol. The van der Waals surface area contributed by atoms with E-state index in [1.165, 1.54) is 0 Å². The van der Waals surface area contributed by atoms with Crippen LogP contribution in [0.15, 0.2) is 0 Å². The molecule has 0 saturated carbocycles. The fraction of sp³-hybridized carbons (Fsp3) is 0.889. The maximum absolute atomic E-state index is 11.1. The van der Waals surface area contributed by atoms with Crippen molar-refractivity contribution in [1.29, 1.82) is 0 Å². The van der Waals surface area contributed by atoms with Crippen LogP contribution in [0.2, 0.25) is 0 Å². The van der Waals surface area contributed by atoms with Gasteiger partial charge in [-0.3, -0.25) is 14.9 Å². The van der Waals surface area contributed by atoms with Crippen LogP contribution in [0.4, 0.5) is 0 Å². The summed E-state index contributed by atoms with van der Waals surface area (Å²) in [5, 5.41) is 10.6. The lowest BCUT2D eigenvalue weighted by Gasteiger charge is -2.14. The van der Waals surface area contributed by atoms with E-state index in [0.717, 1.165) is 0 Å². The zero-order valence-corrected chi connectivity index (χ0v) is 8.86. The van der Waals surface area contributed by atoms with Gasteiger partial charge in [0.15, 0.2) is 0 Å². The van der Waals surface area contributed by atoms with Crippen LogP contribution < -0.4 is 0 Å². The van der Waals surface area contributed by atoms with E-state index < -0.39 is 6.04 Å². The molecule has 0 aliphatic carbocycles. The molecular weight excluding hydrogens is 186 g/mol. The summed E-state index contributed by atoms with van der Waals surface area (Å²) in [5.74, 6) is -0.630. The van der Waals surface area contributed by atoms with Gasteiger partial charge in [0, 0.05) is 17.3 Å². The maximum Gasteiger partial charge on any atom is 0.306 e. The van der Waals surface area contributed by atoms with E-state index >= 15 is 0 Å². The Labute approximate surface area is 83.6 Å². The highest BCUT2D eigenvalue weighted by molar-refractivity contribution is 5.69. The number of carbonyl (C=O) groups is 1. The number of hydrogen-bond donors (Lipinski definition) is 0. The SMILES string of the molecule is CCOC(=O)C[C@H](C)[C@H](CC)[N+](=O)[O-]. The average molecular weight is 203 g/mol. The molecule has 0 aliphatic rings. The van der Waals surface area contributed by atoms with Crippen molar-refractivity contribution in [1.82, 2.24) is 0 Å². The highest BCUT2D eigenvalue weighted by Crippen LogP contribution is 2.14. The van der Waals surface area contributed by atoms with Crippen molar-refractivity contribution in [2.75, 3.05) is 6.61 Å². The van der Waals surface area contributed by atoms with Crippen molar-refractivity contribution in [2.45, 2.75) is 39.7 Å². The summed E-state index contributed by atoms with van der Waals surface area (Å²) in [7, 11) is 0. The van der Waals surface area contributed by atoms with Crippen LogP contribution in [-0.2, 0) is 9.53 Å². The second kappa shape index (κ2) is 6.34. The minimum absolute atomic E-state index is 0.118. The Morgan fingerprint density at radius 2 is 2.07 bits per heavy atom. The first kappa shape index (κ1) is 12.9. The lowest BCUT2D eigenvalue weighted by Crippen LogP contribution is -2.28. The van der Waals surface area contributed by atoms with E-state index in [2.05, 4.69) is 0 Å². The summed E-state index contributed by atoms with van der Waals surface area (Å²) in [4.78, 5) is 21.3. The van der Waals surface area contributed by atoms with Crippen molar-refractivity contribution in [3.8, 4) is 0 Å². The molecule has 0 N–H and O–H groups in total. The summed E-state index contributed by atoms with van der Waals surface area (Å²) in [6.45, 7) is 5.48. The molecule has 0 saturated heterocycles. The molecule has 0 unspecified atom stereocenters. The fourth-order valence-electron chi connectivity index (χ4n) is 1.38. The second-order valence-electron chi connectivity index (χ2n) is 3.25. The first-order valence-electron chi connectivity index (χ1n) is 4.82. The molecule has 14 heavy (non-hydrogen) atoms. The van der Waals surface area contributed by atoms with Crippen molar-refractivity contribution in [3.63, 3.8) is 0 Å². The van der Waals surface area contributed by atoms with Crippen LogP contribution in [-0.4, -0.2) is 23.5 Å². The predicted molar refractivity (Wildman–Crippen MR) is 51.5 cm³/mol. The summed E-state index contributed by atoms with van der Waals surface area (Å²) in [6.07, 6.45) is 0.556. The summed E-state index contributed by atoms with van der Waals surface area (Å²) in [6, 6.07) is -0.653. The molecule has 0 spiro atoms. The van der Waals surface area contributed by atoms with Crippen LogP contribution >= 0.6 is 0 Å². The van der Waals surface area contributed by atoms with Gasteiger partial charge in [0.25, 0.3) is 0 Å². The quantitative estimate of drug-likeness (QED) is 0.373. The Hall–Kier alpha value is -1.13. The third-order valence-electron chi connectivity index (χ3n) is 2.14. The van der Waals surface area contributed by atoms with Crippen molar-refractivity contribution in [3.05, 3.63) is 10.1 Å². The Balaban J connectivity index is 4.10. The Kier molecular flexibility index (Phi) is 5.83. The second-order valence-corrected chi connectivity index (χ2v) is 3.25. The highest BCUT2D eigenvalue weighted by atomic mass is 16.6. The molecule has 0 aromatic rings. The maximum atomic E-state index is 11.1. The van der Waals surface area contributed by atoms with E-state index in [9.17, 15) is 14.9 Å². The fourth-order valence-corrected chi connectivity index (χ4v) is 1.38. The van der Waals surface area contributed by atoms with Gasteiger partial charge in [-0.1, -0.05) is 13.8 Å². The molecule has 0 aromatic heterocycles. The molecule has 5 heteroatoms. The van der Waals surface area contributed by atoms with Gasteiger partial charge in [-0.2, -0.15) is 0 Å².